The zero-order chi connectivity index (χ0) is 23.2. The fourth-order valence-corrected chi connectivity index (χ4v) is 4.25. The third-order valence-electron chi connectivity index (χ3n) is 4.39. The maximum Gasteiger partial charge on any atom is 0.242 e. The van der Waals surface area contributed by atoms with Crippen LogP contribution in [0.2, 0.25) is 15.1 Å². The third kappa shape index (κ3) is 8.57. The Morgan fingerprint density at radius 1 is 1.03 bits per heavy atom. The van der Waals surface area contributed by atoms with E-state index in [0.717, 1.165) is 11.1 Å². The van der Waals surface area contributed by atoms with Crippen LogP contribution in [-0.2, 0) is 21.9 Å². The van der Waals surface area contributed by atoms with E-state index in [9.17, 15) is 9.59 Å². The van der Waals surface area contributed by atoms with Gasteiger partial charge in [0.2, 0.25) is 11.8 Å². The van der Waals surface area contributed by atoms with Crippen molar-refractivity contribution in [1.82, 2.24) is 10.2 Å². The lowest BCUT2D eigenvalue weighted by atomic mass is 10.1. The van der Waals surface area contributed by atoms with Crippen molar-refractivity contribution in [3.63, 3.8) is 0 Å². The van der Waals surface area contributed by atoms with E-state index in [1.54, 1.807) is 36.1 Å². The van der Waals surface area contributed by atoms with E-state index in [1.807, 2.05) is 39.0 Å². The fourth-order valence-electron chi connectivity index (χ4n) is 2.86. The topological polar surface area (TPSA) is 49.4 Å². The van der Waals surface area contributed by atoms with Crippen LogP contribution in [0.3, 0.4) is 0 Å². The summed E-state index contributed by atoms with van der Waals surface area (Å²) in [4.78, 5) is 27.5. The number of hydrogen-bond donors (Lipinski definition) is 1. The maximum absolute atomic E-state index is 13.1. The summed E-state index contributed by atoms with van der Waals surface area (Å²) in [6, 6.07) is 12.1. The van der Waals surface area contributed by atoms with Gasteiger partial charge in [0.15, 0.2) is 0 Å². The number of nitrogens with zero attached hydrogens (tertiary/aromatic N) is 1. The molecule has 0 aliphatic heterocycles. The highest BCUT2D eigenvalue weighted by atomic mass is 35.5. The van der Waals surface area contributed by atoms with Crippen LogP contribution in [0.5, 0.6) is 0 Å². The predicted molar refractivity (Wildman–Crippen MR) is 132 cm³/mol. The molecule has 0 unspecified atom stereocenters. The Morgan fingerprint density at radius 3 is 2.35 bits per heavy atom. The number of thioether (sulfide) groups is 1. The molecule has 2 amide bonds. The Balaban J connectivity index is 2.10. The molecule has 0 fully saturated rings. The summed E-state index contributed by atoms with van der Waals surface area (Å²) >= 11 is 19.6. The highest BCUT2D eigenvalue weighted by molar-refractivity contribution is 7.99. The fraction of sp³-hybridized carbons (Fsp3) is 0.391. The van der Waals surface area contributed by atoms with Crippen molar-refractivity contribution in [2.75, 3.05) is 5.75 Å². The van der Waals surface area contributed by atoms with Crippen molar-refractivity contribution >= 4 is 58.4 Å². The van der Waals surface area contributed by atoms with Crippen LogP contribution in [0.15, 0.2) is 42.5 Å². The highest BCUT2D eigenvalue weighted by Gasteiger charge is 2.28. The average Bonchev–Trinajstić information content (AvgIpc) is 2.67. The number of rotatable bonds is 8. The molecule has 168 valence electrons. The number of carbonyl (C=O) groups is 2. The Labute approximate surface area is 203 Å². The first-order chi connectivity index (χ1) is 14.5. The minimum absolute atomic E-state index is 0.124. The highest BCUT2D eigenvalue weighted by Crippen LogP contribution is 2.25. The predicted octanol–water partition coefficient (Wildman–Crippen LogP) is 6.21. The van der Waals surface area contributed by atoms with Crippen LogP contribution in [-0.4, -0.2) is 34.0 Å². The first kappa shape index (κ1) is 25.9. The molecule has 0 bridgehead atoms. The summed E-state index contributed by atoms with van der Waals surface area (Å²) < 4.78 is 0. The quantitative estimate of drug-likeness (QED) is 0.468. The first-order valence-electron chi connectivity index (χ1n) is 9.84. The van der Waals surface area contributed by atoms with Crippen LogP contribution in [0.4, 0.5) is 0 Å². The molecule has 0 aliphatic carbocycles. The summed E-state index contributed by atoms with van der Waals surface area (Å²) in [5.74, 6) is 0.517. The molecule has 2 aromatic rings. The molecule has 0 aromatic heterocycles. The van der Waals surface area contributed by atoms with Crippen molar-refractivity contribution in [2.45, 2.75) is 51.6 Å². The first-order valence-corrected chi connectivity index (χ1v) is 12.1. The molecule has 1 N–H and O–H groups in total. The SMILES string of the molecule is C[C@@H](C(=O)NC(C)(C)C)N(Cc1cccc(Cl)c1)C(=O)CSCc1ccc(Cl)c(Cl)c1. The molecule has 2 aromatic carbocycles. The molecule has 4 nitrogen and oxygen atoms in total. The molecule has 1 atom stereocenters. The van der Waals surface area contributed by atoms with Crippen molar-refractivity contribution in [2.24, 2.45) is 0 Å². The molecule has 0 heterocycles. The molecular weight excluding hydrogens is 475 g/mol. The zero-order valence-corrected chi connectivity index (χ0v) is 21.1. The van der Waals surface area contributed by atoms with Crippen molar-refractivity contribution in [3.8, 4) is 0 Å². The van der Waals surface area contributed by atoms with Crippen molar-refractivity contribution in [1.29, 1.82) is 0 Å². The molecule has 31 heavy (non-hydrogen) atoms. The summed E-state index contributed by atoms with van der Waals surface area (Å²) in [6.45, 7) is 7.77. The van der Waals surface area contributed by atoms with E-state index in [2.05, 4.69) is 5.32 Å². The van der Waals surface area contributed by atoms with Gasteiger partial charge in [-0.2, -0.15) is 0 Å². The molecule has 0 saturated heterocycles. The van der Waals surface area contributed by atoms with Gasteiger partial charge in [-0.05, 0) is 63.1 Å². The van der Waals surface area contributed by atoms with Gasteiger partial charge < -0.3 is 10.2 Å². The smallest absolute Gasteiger partial charge is 0.242 e. The second-order valence-electron chi connectivity index (χ2n) is 8.31. The van der Waals surface area contributed by atoms with Gasteiger partial charge in [0.25, 0.3) is 0 Å². The summed E-state index contributed by atoms with van der Waals surface area (Å²) in [6.07, 6.45) is 0. The Morgan fingerprint density at radius 2 is 1.74 bits per heavy atom. The third-order valence-corrected chi connectivity index (χ3v) is 6.35. The summed E-state index contributed by atoms with van der Waals surface area (Å²) in [5.41, 5.74) is 1.46. The minimum Gasteiger partial charge on any atom is -0.350 e. The Hall–Kier alpha value is -1.40. The van der Waals surface area contributed by atoms with Crippen LogP contribution in [0.1, 0.15) is 38.8 Å². The lowest BCUT2D eigenvalue weighted by Gasteiger charge is -2.31. The molecule has 0 aliphatic rings. The Bertz CT molecular complexity index is 931. The van der Waals surface area contributed by atoms with Gasteiger partial charge in [-0.1, -0.05) is 53.0 Å². The monoisotopic (exact) mass is 500 g/mol. The number of halogens is 3. The van der Waals surface area contributed by atoms with Gasteiger partial charge in [0.1, 0.15) is 6.04 Å². The number of benzene rings is 2. The van der Waals surface area contributed by atoms with E-state index in [0.29, 0.717) is 27.4 Å². The standard InChI is InChI=1S/C23H27Cl3N2O2S/c1-15(22(30)27-23(2,3)4)28(12-16-6-5-7-18(24)10-16)21(29)14-31-13-17-8-9-19(25)20(26)11-17/h5-11,15H,12-14H2,1-4H3,(H,27,30)/t15-/m0/s1. The lowest BCUT2D eigenvalue weighted by molar-refractivity contribution is -0.139. The van der Waals surface area contributed by atoms with Gasteiger partial charge >= 0.3 is 0 Å². The van der Waals surface area contributed by atoms with Gasteiger partial charge in [0, 0.05) is 22.9 Å². The normalized spacial score (nSPS) is 12.4. The molecule has 2 rings (SSSR count). The van der Waals surface area contributed by atoms with Crippen molar-refractivity contribution in [3.05, 3.63) is 68.7 Å². The summed E-state index contributed by atoms with van der Waals surface area (Å²) in [5, 5.41) is 4.53. The van der Waals surface area contributed by atoms with E-state index in [4.69, 9.17) is 34.8 Å². The molecule has 8 heteroatoms. The van der Waals surface area contributed by atoms with Crippen LogP contribution in [0.25, 0.3) is 0 Å². The lowest BCUT2D eigenvalue weighted by Crippen LogP contribution is -2.52. The van der Waals surface area contributed by atoms with Crippen LogP contribution >= 0.6 is 46.6 Å². The van der Waals surface area contributed by atoms with Gasteiger partial charge in [0.05, 0.1) is 15.8 Å². The van der Waals surface area contributed by atoms with E-state index in [-0.39, 0.29) is 17.6 Å². The molecule has 0 saturated carbocycles. The number of hydrogen-bond acceptors (Lipinski definition) is 3. The Kier molecular flexibility index (Phi) is 9.56. The zero-order valence-electron chi connectivity index (χ0n) is 18.0. The summed E-state index contributed by atoms with van der Waals surface area (Å²) in [7, 11) is 0. The average molecular weight is 502 g/mol. The van der Waals surface area contributed by atoms with Crippen LogP contribution in [0, 0.1) is 0 Å². The largest absolute Gasteiger partial charge is 0.350 e. The number of amides is 2. The minimum atomic E-state index is -0.628. The molecule has 0 radical (unpaired) electrons. The van der Waals surface area contributed by atoms with Crippen molar-refractivity contribution < 1.29 is 9.59 Å². The molecule has 0 spiro atoms. The van der Waals surface area contributed by atoms with Crippen LogP contribution < -0.4 is 5.32 Å². The number of carbonyl (C=O) groups excluding carboxylic acids is 2. The second-order valence-corrected chi connectivity index (χ2v) is 10.5. The van der Waals surface area contributed by atoms with Gasteiger partial charge in [-0.25, -0.2) is 0 Å². The van der Waals surface area contributed by atoms with E-state index in [1.165, 1.54) is 11.8 Å². The van der Waals surface area contributed by atoms with Gasteiger partial charge in [-0.15, -0.1) is 11.8 Å². The second kappa shape index (κ2) is 11.5. The van der Waals surface area contributed by atoms with E-state index >= 15 is 0 Å². The van der Waals surface area contributed by atoms with Gasteiger partial charge in [-0.3, -0.25) is 9.59 Å². The maximum atomic E-state index is 13.1. The van der Waals surface area contributed by atoms with E-state index < -0.39 is 11.6 Å². The number of nitrogens with one attached hydrogen (secondary N) is 1. The molecular formula is C23H27Cl3N2O2S.